The molecule has 0 radical (unpaired) electrons. The van der Waals surface area contributed by atoms with Crippen LogP contribution in [0.3, 0.4) is 0 Å². The van der Waals surface area contributed by atoms with Crippen LogP contribution in [0.2, 0.25) is 0 Å². The zero-order chi connectivity index (χ0) is 18.5. The lowest BCUT2D eigenvalue weighted by atomic mass is 10.1. The summed E-state index contributed by atoms with van der Waals surface area (Å²) < 4.78 is 32.5. The number of alkyl carbamates (subject to hydrolysis) is 1. The molecule has 0 aliphatic heterocycles. The summed E-state index contributed by atoms with van der Waals surface area (Å²) in [5.41, 5.74) is -0.236. The van der Waals surface area contributed by atoms with Gasteiger partial charge in [0, 0.05) is 17.1 Å². The minimum atomic E-state index is -3.89. The smallest absolute Gasteiger partial charge is 0.408 e. The van der Waals surface area contributed by atoms with Gasteiger partial charge in [-0.2, -0.15) is 0 Å². The molecule has 1 atom stereocenters. The number of nitrogens with one attached hydrogen (secondary N) is 1. The summed E-state index contributed by atoms with van der Waals surface area (Å²) in [5.74, 6) is -0.681. The summed E-state index contributed by atoms with van der Waals surface area (Å²) in [6, 6.07) is 4.73. The number of esters is 1. The van der Waals surface area contributed by atoms with Crippen LogP contribution in [0.4, 0.5) is 4.79 Å². The number of carbonyl (C=O) groups is 2. The van der Waals surface area contributed by atoms with Crippen molar-refractivity contribution < 1.29 is 27.5 Å². The number of benzene rings is 1. The molecule has 0 aromatic heterocycles. The van der Waals surface area contributed by atoms with Crippen LogP contribution in [-0.2, 0) is 29.7 Å². The molecule has 1 rings (SSSR count). The van der Waals surface area contributed by atoms with Gasteiger partial charge < -0.3 is 14.8 Å². The number of rotatable bonds is 5. The summed E-state index contributed by atoms with van der Waals surface area (Å²) in [5, 5.41) is 2.41. The largest absolute Gasteiger partial charge is 0.467 e. The van der Waals surface area contributed by atoms with Crippen molar-refractivity contribution in [3.05, 3.63) is 29.8 Å². The molecule has 1 aromatic rings. The van der Waals surface area contributed by atoms with Crippen LogP contribution in [0, 0.1) is 0 Å². The molecule has 0 aliphatic carbocycles. The maximum Gasteiger partial charge on any atom is 0.408 e. The van der Waals surface area contributed by atoms with E-state index in [1.165, 1.54) is 25.3 Å². The van der Waals surface area contributed by atoms with E-state index in [9.17, 15) is 18.0 Å². The Morgan fingerprint density at radius 2 is 1.92 bits per heavy atom. The monoisotopic (exact) mass is 377 g/mol. The van der Waals surface area contributed by atoms with Gasteiger partial charge in [0.15, 0.2) is 0 Å². The van der Waals surface area contributed by atoms with E-state index >= 15 is 0 Å². The first-order chi connectivity index (χ1) is 10.9. The molecule has 24 heavy (non-hydrogen) atoms. The number of halogens is 1. The quantitative estimate of drug-likeness (QED) is 0.624. The van der Waals surface area contributed by atoms with Crippen LogP contribution in [0.5, 0.6) is 0 Å². The maximum atomic E-state index is 11.9. The van der Waals surface area contributed by atoms with Gasteiger partial charge in [0.05, 0.1) is 12.0 Å². The molecule has 0 unspecified atom stereocenters. The Bertz CT molecular complexity index is 711. The lowest BCUT2D eigenvalue weighted by molar-refractivity contribution is -0.143. The van der Waals surface area contributed by atoms with Crippen LogP contribution >= 0.6 is 10.7 Å². The highest BCUT2D eigenvalue weighted by atomic mass is 35.7. The third-order valence-corrected chi connectivity index (χ3v) is 4.15. The summed E-state index contributed by atoms with van der Waals surface area (Å²) >= 11 is 0. The predicted molar refractivity (Wildman–Crippen MR) is 88.4 cm³/mol. The van der Waals surface area contributed by atoms with Crippen molar-refractivity contribution in [1.82, 2.24) is 5.32 Å². The Hall–Kier alpha value is -1.80. The van der Waals surface area contributed by atoms with Gasteiger partial charge >= 0.3 is 12.1 Å². The number of methoxy groups -OCH3 is 1. The molecular formula is C15H20ClNO6S. The highest BCUT2D eigenvalue weighted by molar-refractivity contribution is 8.13. The zero-order valence-electron chi connectivity index (χ0n) is 13.8. The number of hydrogen-bond acceptors (Lipinski definition) is 6. The first-order valence-corrected chi connectivity index (χ1v) is 9.34. The second kappa shape index (κ2) is 7.85. The molecule has 0 aliphatic rings. The van der Waals surface area contributed by atoms with Crippen molar-refractivity contribution in [3.8, 4) is 0 Å². The molecule has 0 heterocycles. The van der Waals surface area contributed by atoms with Crippen LogP contribution < -0.4 is 5.32 Å². The Labute approximate surface area is 145 Å². The van der Waals surface area contributed by atoms with Gasteiger partial charge in [-0.15, -0.1) is 0 Å². The van der Waals surface area contributed by atoms with Crippen molar-refractivity contribution in [2.45, 2.75) is 43.7 Å². The number of carbonyl (C=O) groups excluding carboxylic acids is 2. The highest BCUT2D eigenvalue weighted by Crippen LogP contribution is 2.17. The molecule has 0 fully saturated rings. The topological polar surface area (TPSA) is 98.8 Å². The van der Waals surface area contributed by atoms with Gasteiger partial charge in [-0.3, -0.25) is 0 Å². The van der Waals surface area contributed by atoms with Crippen LogP contribution in [0.1, 0.15) is 26.3 Å². The average molecular weight is 378 g/mol. The summed E-state index contributed by atoms with van der Waals surface area (Å²) in [6.45, 7) is 5.07. The lowest BCUT2D eigenvalue weighted by Crippen LogP contribution is -2.45. The molecule has 0 spiro atoms. The van der Waals surface area contributed by atoms with E-state index in [4.69, 9.17) is 15.4 Å². The second-order valence-corrected chi connectivity index (χ2v) is 8.58. The van der Waals surface area contributed by atoms with Gasteiger partial charge in [0.25, 0.3) is 9.05 Å². The average Bonchev–Trinajstić information content (AvgIpc) is 2.43. The van der Waals surface area contributed by atoms with Crippen LogP contribution in [0.25, 0.3) is 0 Å². The second-order valence-electron chi connectivity index (χ2n) is 6.01. The Kier molecular flexibility index (Phi) is 6.62. The van der Waals surface area contributed by atoms with Crippen molar-refractivity contribution in [3.63, 3.8) is 0 Å². The molecule has 9 heteroatoms. The van der Waals surface area contributed by atoms with E-state index in [-0.39, 0.29) is 11.3 Å². The number of amides is 1. The molecule has 0 saturated carbocycles. The Morgan fingerprint density at radius 3 is 2.42 bits per heavy atom. The van der Waals surface area contributed by atoms with Gasteiger partial charge in [-0.05, 0) is 38.5 Å². The van der Waals surface area contributed by atoms with E-state index in [0.29, 0.717) is 5.56 Å². The van der Waals surface area contributed by atoms with Crippen molar-refractivity contribution in [2.75, 3.05) is 7.11 Å². The fourth-order valence-corrected chi connectivity index (χ4v) is 2.67. The van der Waals surface area contributed by atoms with E-state index in [0.717, 1.165) is 0 Å². The summed E-state index contributed by atoms with van der Waals surface area (Å²) in [7, 11) is 2.60. The Balaban J connectivity index is 2.95. The van der Waals surface area contributed by atoms with Gasteiger partial charge in [-0.25, -0.2) is 18.0 Å². The van der Waals surface area contributed by atoms with Crippen molar-refractivity contribution >= 4 is 31.8 Å². The SMILES string of the molecule is COC(=O)[C@H](Cc1cccc(S(=O)(=O)Cl)c1)NC(=O)OC(C)(C)C. The minimum Gasteiger partial charge on any atom is -0.467 e. The molecule has 134 valence electrons. The molecule has 0 saturated heterocycles. The fourth-order valence-electron chi connectivity index (χ4n) is 1.85. The van der Waals surface area contributed by atoms with E-state index in [1.54, 1.807) is 26.8 Å². The number of ether oxygens (including phenoxy) is 2. The lowest BCUT2D eigenvalue weighted by Gasteiger charge is -2.22. The fraction of sp³-hybridized carbons (Fsp3) is 0.467. The Morgan fingerprint density at radius 1 is 1.29 bits per heavy atom. The molecule has 0 bridgehead atoms. The molecule has 1 N–H and O–H groups in total. The number of hydrogen-bond donors (Lipinski definition) is 1. The molecular weight excluding hydrogens is 358 g/mol. The summed E-state index contributed by atoms with van der Waals surface area (Å²) in [4.78, 5) is 23.6. The normalized spacial score (nSPS) is 13.0. The zero-order valence-corrected chi connectivity index (χ0v) is 15.4. The van der Waals surface area contributed by atoms with E-state index in [2.05, 4.69) is 10.1 Å². The standard InChI is InChI=1S/C15H20ClNO6S/c1-15(2,3)23-14(19)17-12(13(18)22-4)9-10-6-5-7-11(8-10)24(16,20)21/h5-8,12H,9H2,1-4H3,(H,17,19)/t12-/m0/s1. The molecule has 7 nitrogen and oxygen atoms in total. The third kappa shape index (κ3) is 6.76. The summed E-state index contributed by atoms with van der Waals surface area (Å²) in [6.07, 6.45) is -0.759. The third-order valence-electron chi connectivity index (χ3n) is 2.80. The van der Waals surface area contributed by atoms with E-state index in [1.807, 2.05) is 0 Å². The van der Waals surface area contributed by atoms with E-state index < -0.39 is 32.8 Å². The first kappa shape index (κ1) is 20.2. The van der Waals surface area contributed by atoms with Crippen molar-refractivity contribution in [1.29, 1.82) is 0 Å². The predicted octanol–water partition coefficient (Wildman–Crippen LogP) is 2.22. The highest BCUT2D eigenvalue weighted by Gasteiger charge is 2.25. The van der Waals surface area contributed by atoms with Crippen molar-refractivity contribution in [2.24, 2.45) is 0 Å². The first-order valence-electron chi connectivity index (χ1n) is 7.03. The molecule has 1 aromatic carbocycles. The van der Waals surface area contributed by atoms with Gasteiger partial charge in [0.2, 0.25) is 0 Å². The maximum absolute atomic E-state index is 11.9. The van der Waals surface area contributed by atoms with Crippen LogP contribution in [0.15, 0.2) is 29.2 Å². The van der Waals surface area contributed by atoms with Gasteiger partial charge in [-0.1, -0.05) is 12.1 Å². The molecule has 1 amide bonds. The van der Waals surface area contributed by atoms with Crippen LogP contribution in [-0.4, -0.2) is 39.2 Å². The minimum absolute atomic E-state index is 0.0200. The van der Waals surface area contributed by atoms with Gasteiger partial charge in [0.1, 0.15) is 11.6 Å².